The first kappa shape index (κ1) is 25.4. The van der Waals surface area contributed by atoms with Gasteiger partial charge in [-0.2, -0.15) is 0 Å². The van der Waals surface area contributed by atoms with E-state index in [-0.39, 0.29) is 36.5 Å². The van der Waals surface area contributed by atoms with Gasteiger partial charge in [-0.15, -0.1) is 24.0 Å². The lowest BCUT2D eigenvalue weighted by Crippen LogP contribution is -2.39. The number of aliphatic hydroxyl groups excluding tert-OH is 1. The summed E-state index contributed by atoms with van der Waals surface area (Å²) in [5.74, 6) is 0.778. The minimum atomic E-state index is 0. The first-order valence-electron chi connectivity index (χ1n) is 10.1. The highest BCUT2D eigenvalue weighted by Crippen LogP contribution is 2.13. The first-order valence-corrected chi connectivity index (χ1v) is 10.1. The number of halogens is 1. The van der Waals surface area contributed by atoms with Gasteiger partial charge in [0.2, 0.25) is 0 Å². The van der Waals surface area contributed by atoms with E-state index < -0.39 is 0 Å². The van der Waals surface area contributed by atoms with E-state index in [0.29, 0.717) is 13.1 Å². The van der Waals surface area contributed by atoms with Gasteiger partial charge >= 0.3 is 0 Å². The van der Waals surface area contributed by atoms with Crippen molar-refractivity contribution in [2.45, 2.75) is 32.9 Å². The molecule has 2 aromatic rings. The average molecular weight is 510 g/mol. The van der Waals surface area contributed by atoms with Crippen molar-refractivity contribution in [3.8, 4) is 0 Å². The Kier molecular flexibility index (Phi) is 12.6. The molecule has 0 saturated heterocycles. The molecule has 6 heteroatoms. The smallest absolute Gasteiger partial charge is 0.191 e. The number of hydrogen-bond donors (Lipinski definition) is 3. The fourth-order valence-corrected chi connectivity index (χ4v) is 3.11. The maximum Gasteiger partial charge on any atom is 0.191 e. The van der Waals surface area contributed by atoms with Crippen LogP contribution in [-0.4, -0.2) is 49.3 Å². The molecule has 0 bridgehead atoms. The summed E-state index contributed by atoms with van der Waals surface area (Å²) in [4.78, 5) is 6.69. The summed E-state index contributed by atoms with van der Waals surface area (Å²) in [6.45, 7) is 8.95. The minimum absolute atomic E-state index is 0. The Morgan fingerprint density at radius 3 is 2.14 bits per heavy atom. The third kappa shape index (κ3) is 8.72. The number of rotatable bonds is 10. The molecule has 0 amide bonds. The third-order valence-corrected chi connectivity index (χ3v) is 5.01. The van der Waals surface area contributed by atoms with Gasteiger partial charge in [0.1, 0.15) is 0 Å². The molecular weight excluding hydrogens is 475 g/mol. The van der Waals surface area contributed by atoms with Crippen molar-refractivity contribution in [2.24, 2.45) is 4.99 Å². The van der Waals surface area contributed by atoms with E-state index in [9.17, 15) is 5.11 Å². The van der Waals surface area contributed by atoms with Crippen molar-refractivity contribution in [3.63, 3.8) is 0 Å². The largest absolute Gasteiger partial charge is 0.396 e. The van der Waals surface area contributed by atoms with Crippen molar-refractivity contribution in [2.75, 3.05) is 33.3 Å². The van der Waals surface area contributed by atoms with Crippen molar-refractivity contribution < 1.29 is 5.11 Å². The number of nitrogens with zero attached hydrogens (tertiary/aromatic N) is 2. The van der Waals surface area contributed by atoms with Gasteiger partial charge in [-0.1, -0.05) is 68.4 Å². The van der Waals surface area contributed by atoms with E-state index in [4.69, 9.17) is 0 Å². The van der Waals surface area contributed by atoms with Gasteiger partial charge in [0.25, 0.3) is 0 Å². The van der Waals surface area contributed by atoms with E-state index >= 15 is 0 Å². The van der Waals surface area contributed by atoms with E-state index in [2.05, 4.69) is 58.6 Å². The summed E-state index contributed by atoms with van der Waals surface area (Å²) in [5.41, 5.74) is 3.67. The van der Waals surface area contributed by atoms with Crippen molar-refractivity contribution in [1.82, 2.24) is 15.5 Å². The number of guanidine groups is 1. The van der Waals surface area contributed by atoms with Gasteiger partial charge in [-0.05, 0) is 29.8 Å². The monoisotopic (exact) mass is 510 g/mol. The molecule has 160 valence electrons. The predicted octanol–water partition coefficient (Wildman–Crippen LogP) is 3.59. The van der Waals surface area contributed by atoms with Crippen LogP contribution in [0.15, 0.2) is 59.6 Å². The van der Waals surface area contributed by atoms with Crippen LogP contribution in [0.3, 0.4) is 0 Å². The SMILES string of the molecule is CCN(CC)Cc1ccc(CNC(=NC)NCC(CO)c2ccccc2)cc1.I. The molecule has 2 aromatic carbocycles. The Balaban J connectivity index is 0.00000420. The summed E-state index contributed by atoms with van der Waals surface area (Å²) in [7, 11) is 1.76. The molecule has 0 heterocycles. The second-order valence-corrected chi connectivity index (χ2v) is 6.87. The van der Waals surface area contributed by atoms with Gasteiger partial charge in [-0.25, -0.2) is 0 Å². The van der Waals surface area contributed by atoms with Crippen molar-refractivity contribution in [3.05, 3.63) is 71.3 Å². The fourth-order valence-electron chi connectivity index (χ4n) is 3.11. The zero-order chi connectivity index (χ0) is 20.2. The van der Waals surface area contributed by atoms with Crippen molar-refractivity contribution >= 4 is 29.9 Å². The molecule has 2 rings (SSSR count). The van der Waals surface area contributed by atoms with E-state index in [1.807, 2.05) is 30.3 Å². The number of nitrogens with one attached hydrogen (secondary N) is 2. The maximum absolute atomic E-state index is 9.69. The highest BCUT2D eigenvalue weighted by atomic mass is 127. The van der Waals surface area contributed by atoms with Gasteiger partial charge in [0, 0.05) is 32.6 Å². The van der Waals surface area contributed by atoms with Crippen LogP contribution in [0.1, 0.15) is 36.5 Å². The van der Waals surface area contributed by atoms with Crippen LogP contribution in [0.5, 0.6) is 0 Å². The predicted molar refractivity (Wildman–Crippen MR) is 133 cm³/mol. The molecule has 1 unspecified atom stereocenters. The topological polar surface area (TPSA) is 59.9 Å². The van der Waals surface area contributed by atoms with Crippen LogP contribution in [0, 0.1) is 0 Å². The van der Waals surface area contributed by atoms with Gasteiger partial charge < -0.3 is 15.7 Å². The summed E-state index contributed by atoms with van der Waals surface area (Å²) in [6, 6.07) is 18.8. The quantitative estimate of drug-likeness (QED) is 0.260. The zero-order valence-electron chi connectivity index (χ0n) is 17.8. The summed E-state index contributed by atoms with van der Waals surface area (Å²) in [6.07, 6.45) is 0. The molecule has 0 aromatic heterocycles. The van der Waals surface area contributed by atoms with Crippen molar-refractivity contribution in [1.29, 1.82) is 0 Å². The average Bonchev–Trinajstić information content (AvgIpc) is 2.76. The molecular formula is C23H35IN4O. The van der Waals surface area contributed by atoms with Crippen LogP contribution >= 0.6 is 24.0 Å². The summed E-state index contributed by atoms with van der Waals surface area (Å²) < 4.78 is 0. The molecule has 5 nitrogen and oxygen atoms in total. The number of aliphatic hydroxyl groups is 1. The molecule has 29 heavy (non-hydrogen) atoms. The molecule has 0 fully saturated rings. The molecule has 3 N–H and O–H groups in total. The molecule has 1 atom stereocenters. The number of aliphatic imine (C=N–C) groups is 1. The Hall–Kier alpha value is -1.64. The Morgan fingerprint density at radius 2 is 1.59 bits per heavy atom. The van der Waals surface area contributed by atoms with Crippen LogP contribution in [0.25, 0.3) is 0 Å². The standard InChI is InChI=1S/C23H34N4O.HI/c1-4-27(5-2)17-20-13-11-19(12-14-20)15-25-23(24-3)26-16-22(18-28)21-9-7-6-8-10-21;/h6-14,22,28H,4-5,15-18H2,1-3H3,(H2,24,25,26);1H. The van der Waals surface area contributed by atoms with E-state index in [0.717, 1.165) is 31.2 Å². The Labute approximate surface area is 192 Å². The van der Waals surface area contributed by atoms with Gasteiger partial charge in [0.15, 0.2) is 5.96 Å². The fraction of sp³-hybridized carbons (Fsp3) is 0.435. The molecule has 0 spiro atoms. The number of benzene rings is 2. The van der Waals surface area contributed by atoms with Crippen LogP contribution in [-0.2, 0) is 13.1 Å². The van der Waals surface area contributed by atoms with Crippen LogP contribution in [0.4, 0.5) is 0 Å². The Morgan fingerprint density at radius 1 is 0.966 bits per heavy atom. The number of hydrogen-bond acceptors (Lipinski definition) is 3. The second kappa shape index (κ2) is 14.4. The maximum atomic E-state index is 9.69. The van der Waals surface area contributed by atoms with Gasteiger partial charge in [0.05, 0.1) is 6.61 Å². The first-order chi connectivity index (χ1) is 13.7. The highest BCUT2D eigenvalue weighted by Gasteiger charge is 2.10. The van der Waals surface area contributed by atoms with E-state index in [1.165, 1.54) is 11.1 Å². The van der Waals surface area contributed by atoms with Gasteiger partial charge in [-0.3, -0.25) is 9.89 Å². The summed E-state index contributed by atoms with van der Waals surface area (Å²) >= 11 is 0. The molecule has 0 aliphatic heterocycles. The normalized spacial score (nSPS) is 12.4. The Bertz CT molecular complexity index is 703. The summed E-state index contributed by atoms with van der Waals surface area (Å²) in [5, 5.41) is 16.4. The second-order valence-electron chi connectivity index (χ2n) is 6.87. The van der Waals surface area contributed by atoms with Crippen LogP contribution in [0.2, 0.25) is 0 Å². The zero-order valence-corrected chi connectivity index (χ0v) is 20.1. The highest BCUT2D eigenvalue weighted by molar-refractivity contribution is 14.0. The molecule has 0 saturated carbocycles. The third-order valence-electron chi connectivity index (χ3n) is 5.01. The minimum Gasteiger partial charge on any atom is -0.396 e. The molecule has 0 aliphatic carbocycles. The molecule has 0 aliphatic rings. The molecule has 0 radical (unpaired) electrons. The van der Waals surface area contributed by atoms with E-state index in [1.54, 1.807) is 7.05 Å². The lowest BCUT2D eigenvalue weighted by atomic mass is 10.0. The lowest BCUT2D eigenvalue weighted by Gasteiger charge is -2.19. The lowest BCUT2D eigenvalue weighted by molar-refractivity contribution is 0.265. The van der Waals surface area contributed by atoms with Crippen LogP contribution < -0.4 is 10.6 Å².